The molecule has 0 aliphatic rings. The predicted octanol–water partition coefficient (Wildman–Crippen LogP) is 16.7. The summed E-state index contributed by atoms with van der Waals surface area (Å²) in [5, 5.41) is 9.57. The smallest absolute Gasteiger partial charge is 0.143 e. The highest BCUT2D eigenvalue weighted by atomic mass is 32.1. The van der Waals surface area contributed by atoms with Gasteiger partial charge in [-0.05, 0) is 98.6 Å². The van der Waals surface area contributed by atoms with Gasteiger partial charge in [-0.3, -0.25) is 0 Å². The van der Waals surface area contributed by atoms with E-state index < -0.39 is 0 Å². The van der Waals surface area contributed by atoms with Crippen LogP contribution in [0.3, 0.4) is 0 Å². The Kier molecular flexibility index (Phi) is 7.75. The maximum Gasteiger partial charge on any atom is 0.143 e. The lowest BCUT2D eigenvalue weighted by molar-refractivity contribution is 0.672. The molecule has 10 aromatic carbocycles. The Balaban J connectivity index is 1.03. The fourth-order valence-electron chi connectivity index (χ4n) is 9.05. The molecule has 2 heterocycles. The maximum atomic E-state index is 6.75. The van der Waals surface area contributed by atoms with Crippen molar-refractivity contribution in [1.82, 2.24) is 0 Å². The molecule has 0 fully saturated rings. The summed E-state index contributed by atoms with van der Waals surface area (Å²) in [6.07, 6.45) is 0. The molecule has 12 rings (SSSR count). The third kappa shape index (κ3) is 5.55. The van der Waals surface area contributed by atoms with E-state index in [2.05, 4.69) is 217 Å². The molecule has 3 heteroatoms. The second-order valence-electron chi connectivity index (χ2n) is 15.2. The molecule has 59 heavy (non-hydrogen) atoms. The van der Waals surface area contributed by atoms with Crippen molar-refractivity contribution in [2.75, 3.05) is 4.90 Å². The molecule has 12 aromatic rings. The Bertz CT molecular complexity index is 3560. The van der Waals surface area contributed by atoms with E-state index in [1.165, 1.54) is 69.7 Å². The first-order valence-corrected chi connectivity index (χ1v) is 20.9. The molecule has 0 unspecified atom stereocenters. The minimum absolute atomic E-state index is 0.866. The summed E-state index contributed by atoms with van der Waals surface area (Å²) in [4.78, 5) is 2.43. The van der Waals surface area contributed by atoms with Gasteiger partial charge in [0.1, 0.15) is 11.2 Å². The number of thiophene rings is 1. The average molecular weight is 770 g/mol. The maximum absolute atomic E-state index is 6.75. The van der Waals surface area contributed by atoms with Crippen LogP contribution in [0.15, 0.2) is 217 Å². The van der Waals surface area contributed by atoms with Crippen LogP contribution in [0.25, 0.3) is 97.0 Å². The van der Waals surface area contributed by atoms with Crippen LogP contribution in [0.2, 0.25) is 0 Å². The van der Waals surface area contributed by atoms with Gasteiger partial charge >= 0.3 is 0 Å². The van der Waals surface area contributed by atoms with Crippen molar-refractivity contribution in [3.05, 3.63) is 212 Å². The predicted molar refractivity (Wildman–Crippen MR) is 253 cm³/mol. The summed E-state index contributed by atoms with van der Waals surface area (Å²) in [7, 11) is 0. The van der Waals surface area contributed by atoms with Gasteiger partial charge in [0, 0.05) is 42.2 Å². The minimum atomic E-state index is 0.866. The molecule has 0 saturated carbocycles. The summed E-state index contributed by atoms with van der Waals surface area (Å²) in [6.45, 7) is 0. The van der Waals surface area contributed by atoms with Gasteiger partial charge in [-0.15, -0.1) is 11.3 Å². The van der Waals surface area contributed by atoms with E-state index in [1.54, 1.807) is 0 Å². The normalized spacial score (nSPS) is 11.7. The molecule has 2 aromatic heterocycles. The molecule has 0 radical (unpaired) electrons. The van der Waals surface area contributed by atoms with Crippen LogP contribution in [-0.4, -0.2) is 0 Å². The van der Waals surface area contributed by atoms with Gasteiger partial charge < -0.3 is 9.32 Å². The van der Waals surface area contributed by atoms with Crippen molar-refractivity contribution in [3.63, 3.8) is 0 Å². The van der Waals surface area contributed by atoms with E-state index in [9.17, 15) is 0 Å². The lowest BCUT2D eigenvalue weighted by Crippen LogP contribution is -2.11. The molecular weight excluding hydrogens is 735 g/mol. The molecular formula is C56H35NOS. The largest absolute Gasteiger partial charge is 0.455 e. The Labute approximate surface area is 345 Å². The third-order valence-electron chi connectivity index (χ3n) is 11.9. The zero-order valence-electron chi connectivity index (χ0n) is 32.0. The van der Waals surface area contributed by atoms with Crippen molar-refractivity contribution in [1.29, 1.82) is 0 Å². The number of para-hydroxylation sites is 1. The second-order valence-corrected chi connectivity index (χ2v) is 16.3. The van der Waals surface area contributed by atoms with Crippen molar-refractivity contribution < 1.29 is 4.42 Å². The summed E-state index contributed by atoms with van der Waals surface area (Å²) >= 11 is 1.86. The number of fused-ring (bicyclic) bond motifs is 9. The zero-order chi connectivity index (χ0) is 38.9. The number of hydrogen-bond donors (Lipinski definition) is 0. The summed E-state index contributed by atoms with van der Waals surface area (Å²) in [5.74, 6) is 0. The quantitative estimate of drug-likeness (QED) is 0.167. The van der Waals surface area contributed by atoms with E-state index in [1.807, 2.05) is 11.3 Å². The van der Waals surface area contributed by atoms with Crippen LogP contribution < -0.4 is 4.90 Å². The van der Waals surface area contributed by atoms with Crippen LogP contribution in [0.5, 0.6) is 0 Å². The minimum Gasteiger partial charge on any atom is -0.455 e. The Morgan fingerprint density at radius 2 is 0.949 bits per heavy atom. The van der Waals surface area contributed by atoms with Crippen molar-refractivity contribution in [2.24, 2.45) is 0 Å². The van der Waals surface area contributed by atoms with E-state index >= 15 is 0 Å². The van der Waals surface area contributed by atoms with E-state index in [4.69, 9.17) is 4.42 Å². The molecule has 0 N–H and O–H groups in total. The topological polar surface area (TPSA) is 16.4 Å². The van der Waals surface area contributed by atoms with Gasteiger partial charge in [0.05, 0.1) is 16.8 Å². The molecule has 0 aliphatic carbocycles. The fraction of sp³-hybridized carbons (Fsp3) is 0. The van der Waals surface area contributed by atoms with Crippen molar-refractivity contribution >= 4 is 92.1 Å². The fourth-order valence-corrected chi connectivity index (χ4v) is 10.2. The number of furan rings is 1. The van der Waals surface area contributed by atoms with Crippen molar-refractivity contribution in [2.45, 2.75) is 0 Å². The number of anilines is 3. The molecule has 0 bridgehead atoms. The molecule has 276 valence electrons. The van der Waals surface area contributed by atoms with E-state index in [0.717, 1.165) is 44.4 Å². The van der Waals surface area contributed by atoms with Crippen LogP contribution in [0, 0.1) is 0 Å². The van der Waals surface area contributed by atoms with Gasteiger partial charge in [-0.25, -0.2) is 0 Å². The number of benzene rings is 10. The van der Waals surface area contributed by atoms with E-state index in [0.29, 0.717) is 0 Å². The number of nitrogens with zero attached hydrogens (tertiary/aromatic N) is 1. The SMILES string of the molecule is c1ccc(N(c2ccc(-c3ccc(-c4ccc5ccccc5c4)cc3)cc2)c2cccc3oc4c5ccccc5ccc4c23)c(-c2cccc3sc4ccccc4c23)c1. The van der Waals surface area contributed by atoms with Gasteiger partial charge in [0.15, 0.2) is 0 Å². The van der Waals surface area contributed by atoms with Crippen LogP contribution in [0.4, 0.5) is 17.1 Å². The van der Waals surface area contributed by atoms with E-state index in [-0.39, 0.29) is 0 Å². The zero-order valence-corrected chi connectivity index (χ0v) is 32.8. The molecule has 0 amide bonds. The first-order chi connectivity index (χ1) is 29.2. The number of hydrogen-bond acceptors (Lipinski definition) is 3. The third-order valence-corrected chi connectivity index (χ3v) is 13.0. The monoisotopic (exact) mass is 769 g/mol. The molecule has 0 atom stereocenters. The molecule has 0 saturated heterocycles. The van der Waals surface area contributed by atoms with Gasteiger partial charge in [0.25, 0.3) is 0 Å². The standard InChI is InChI=1S/C56H35NOS/c1-2-13-41-35-42(28-27-36(41)11-1)39-25-23-37(24-26-39)38-29-32-43(33-30-38)57(50-19-10-20-51-55(50)48-34-31-40-12-3-4-14-44(40)56(48)58-51)49-18-7-5-15-45(49)46-17-9-22-53-54(46)47-16-6-8-21-52(47)59-53/h1-35H. The summed E-state index contributed by atoms with van der Waals surface area (Å²) in [5.41, 5.74) is 12.2. The average Bonchev–Trinajstić information content (AvgIpc) is 3.89. The Morgan fingerprint density at radius 1 is 0.356 bits per heavy atom. The summed E-state index contributed by atoms with van der Waals surface area (Å²) < 4.78 is 9.34. The molecule has 2 nitrogen and oxygen atoms in total. The number of rotatable bonds is 6. The summed E-state index contributed by atoms with van der Waals surface area (Å²) in [6, 6.07) is 76.9. The second kappa shape index (κ2) is 13.6. The van der Waals surface area contributed by atoms with Crippen LogP contribution in [0.1, 0.15) is 0 Å². The first-order valence-electron chi connectivity index (χ1n) is 20.1. The molecule has 0 aliphatic heterocycles. The highest BCUT2D eigenvalue weighted by Gasteiger charge is 2.24. The Morgan fingerprint density at radius 3 is 1.80 bits per heavy atom. The highest BCUT2D eigenvalue weighted by molar-refractivity contribution is 7.25. The first kappa shape index (κ1) is 33.7. The molecule has 0 spiro atoms. The lowest BCUT2D eigenvalue weighted by atomic mass is 9.96. The van der Waals surface area contributed by atoms with Gasteiger partial charge in [0.2, 0.25) is 0 Å². The Hall–Kier alpha value is -7.46. The van der Waals surface area contributed by atoms with Crippen molar-refractivity contribution in [3.8, 4) is 33.4 Å². The van der Waals surface area contributed by atoms with Gasteiger partial charge in [-0.1, -0.05) is 158 Å². The van der Waals surface area contributed by atoms with Crippen LogP contribution in [-0.2, 0) is 0 Å². The van der Waals surface area contributed by atoms with Crippen LogP contribution >= 0.6 is 11.3 Å². The van der Waals surface area contributed by atoms with Gasteiger partial charge in [-0.2, -0.15) is 0 Å². The lowest BCUT2D eigenvalue weighted by Gasteiger charge is -2.29. The highest BCUT2D eigenvalue weighted by Crippen LogP contribution is 2.49.